The Balaban J connectivity index is 1.25. The first-order valence-corrected chi connectivity index (χ1v) is 13.9. The van der Waals surface area contributed by atoms with Gasteiger partial charge in [-0.15, -0.1) is 10.2 Å². The van der Waals surface area contributed by atoms with Crippen LogP contribution in [0.5, 0.6) is 0 Å². The van der Waals surface area contributed by atoms with E-state index in [9.17, 15) is 9.59 Å². The Hall–Kier alpha value is -4.23. The van der Waals surface area contributed by atoms with E-state index in [0.29, 0.717) is 36.8 Å². The van der Waals surface area contributed by atoms with Crippen LogP contribution >= 0.6 is 11.6 Å². The van der Waals surface area contributed by atoms with E-state index in [2.05, 4.69) is 34.2 Å². The summed E-state index contributed by atoms with van der Waals surface area (Å²) in [6, 6.07) is 28.8. The maximum Gasteiger partial charge on any atom is 0.256 e. The Bertz CT molecular complexity index is 1440. The van der Waals surface area contributed by atoms with Gasteiger partial charge in [-0.25, -0.2) is 0 Å². The van der Waals surface area contributed by atoms with Crippen LogP contribution in [0.15, 0.2) is 91.0 Å². The second kappa shape index (κ2) is 12.7. The van der Waals surface area contributed by atoms with Crippen LogP contribution < -0.4 is 4.90 Å². The van der Waals surface area contributed by atoms with Crippen LogP contribution in [-0.4, -0.2) is 64.5 Å². The first-order valence-electron chi connectivity index (χ1n) is 13.5. The molecule has 1 fully saturated rings. The maximum atomic E-state index is 13.5. The van der Waals surface area contributed by atoms with Crippen molar-refractivity contribution in [3.05, 3.63) is 113 Å². The number of hydrogen-bond donors (Lipinski definition) is 0. The number of aromatic nitrogens is 2. The second-order valence-electron chi connectivity index (χ2n) is 9.99. The number of hydrogen-bond acceptors (Lipinski definition) is 5. The lowest BCUT2D eigenvalue weighted by Crippen LogP contribution is -2.44. The molecular weight excluding hydrogens is 522 g/mol. The summed E-state index contributed by atoms with van der Waals surface area (Å²) >= 11 is 6.34. The van der Waals surface area contributed by atoms with Crippen molar-refractivity contribution in [3.8, 4) is 11.3 Å². The third-order valence-corrected chi connectivity index (χ3v) is 7.43. The van der Waals surface area contributed by atoms with Gasteiger partial charge in [0.2, 0.25) is 5.91 Å². The van der Waals surface area contributed by atoms with Gasteiger partial charge in [-0.05, 0) is 43.2 Å². The van der Waals surface area contributed by atoms with Gasteiger partial charge in [0.1, 0.15) is 6.54 Å². The van der Waals surface area contributed by atoms with Crippen LogP contribution in [0.1, 0.15) is 27.9 Å². The van der Waals surface area contributed by atoms with Crippen molar-refractivity contribution in [2.75, 3.05) is 37.6 Å². The Morgan fingerprint density at radius 2 is 1.57 bits per heavy atom. The van der Waals surface area contributed by atoms with Crippen LogP contribution in [0.2, 0.25) is 5.02 Å². The molecule has 0 atom stereocenters. The molecule has 5 rings (SSSR count). The highest BCUT2D eigenvalue weighted by Crippen LogP contribution is 2.21. The number of rotatable bonds is 7. The molecule has 1 aromatic heterocycles. The molecule has 1 aliphatic rings. The molecule has 4 aromatic rings. The van der Waals surface area contributed by atoms with E-state index >= 15 is 0 Å². The molecule has 3 aromatic carbocycles. The average Bonchev–Trinajstić information content (AvgIpc) is 3.24. The lowest BCUT2D eigenvalue weighted by Gasteiger charge is -2.27. The molecule has 7 nitrogen and oxygen atoms in total. The summed E-state index contributed by atoms with van der Waals surface area (Å²) in [7, 11) is 0. The number of amides is 2. The number of anilines is 1. The fourth-order valence-corrected chi connectivity index (χ4v) is 5.06. The topological polar surface area (TPSA) is 69.6 Å². The second-order valence-corrected chi connectivity index (χ2v) is 10.4. The lowest BCUT2D eigenvalue weighted by molar-refractivity contribution is -0.131. The smallest absolute Gasteiger partial charge is 0.256 e. The van der Waals surface area contributed by atoms with Crippen molar-refractivity contribution >= 4 is 29.2 Å². The van der Waals surface area contributed by atoms with Crippen molar-refractivity contribution in [3.63, 3.8) is 0 Å². The first kappa shape index (κ1) is 27.3. The molecule has 2 heterocycles. The summed E-state index contributed by atoms with van der Waals surface area (Å²) in [6.45, 7) is 4.92. The molecule has 0 radical (unpaired) electrons. The van der Waals surface area contributed by atoms with Crippen LogP contribution in [0, 0.1) is 6.92 Å². The Kier molecular flexibility index (Phi) is 8.71. The van der Waals surface area contributed by atoms with E-state index in [-0.39, 0.29) is 18.4 Å². The molecule has 8 heteroatoms. The first-order chi connectivity index (χ1) is 19.5. The molecule has 1 saturated heterocycles. The predicted molar refractivity (Wildman–Crippen MR) is 158 cm³/mol. The molecule has 0 bridgehead atoms. The van der Waals surface area contributed by atoms with E-state index in [1.165, 1.54) is 5.56 Å². The van der Waals surface area contributed by atoms with E-state index in [1.54, 1.807) is 29.2 Å². The zero-order chi connectivity index (χ0) is 27.9. The number of carbonyl (C=O) groups excluding carboxylic acids is 2. The summed E-state index contributed by atoms with van der Waals surface area (Å²) in [5.74, 6) is 0.451. The Labute approximate surface area is 240 Å². The van der Waals surface area contributed by atoms with Crippen LogP contribution in [0.3, 0.4) is 0 Å². The summed E-state index contributed by atoms with van der Waals surface area (Å²) in [4.78, 5) is 32.6. The van der Waals surface area contributed by atoms with Gasteiger partial charge in [0, 0.05) is 38.3 Å². The third-order valence-electron chi connectivity index (χ3n) is 7.10. The number of benzene rings is 3. The van der Waals surface area contributed by atoms with E-state index in [0.717, 1.165) is 35.6 Å². The molecule has 204 valence electrons. The summed E-state index contributed by atoms with van der Waals surface area (Å²) in [5, 5.41) is 9.30. The van der Waals surface area contributed by atoms with Gasteiger partial charge in [0.25, 0.3) is 5.91 Å². The van der Waals surface area contributed by atoms with Crippen molar-refractivity contribution in [1.29, 1.82) is 0 Å². The fraction of sp³-hybridized carbons (Fsp3) is 0.250. The molecular formula is C32H32ClN5O2. The summed E-state index contributed by atoms with van der Waals surface area (Å²) < 4.78 is 0. The number of aryl methyl sites for hydroxylation is 1. The van der Waals surface area contributed by atoms with Gasteiger partial charge >= 0.3 is 0 Å². The minimum atomic E-state index is -0.261. The minimum absolute atomic E-state index is 0.0238. The number of nitrogens with zero attached hydrogens (tertiary/aromatic N) is 5. The summed E-state index contributed by atoms with van der Waals surface area (Å²) in [5.41, 5.74) is 4.40. The van der Waals surface area contributed by atoms with Crippen LogP contribution in [-0.2, 0) is 11.3 Å². The molecule has 40 heavy (non-hydrogen) atoms. The highest BCUT2D eigenvalue weighted by molar-refractivity contribution is 6.33. The van der Waals surface area contributed by atoms with Crippen LogP contribution in [0.25, 0.3) is 11.3 Å². The standard InChI is InChI=1S/C32H32ClN5O2/c1-24-12-14-26(15-13-24)29-16-17-30(35-34-29)36-18-7-19-37(21-20-36)31(39)23-38(22-25-8-3-2-4-9-25)32(40)27-10-5-6-11-28(27)33/h2-6,8-17H,7,18-23H2,1H3. The predicted octanol–water partition coefficient (Wildman–Crippen LogP) is 5.49. The molecule has 0 aliphatic carbocycles. The van der Waals surface area contributed by atoms with Gasteiger partial charge in [0.05, 0.1) is 16.3 Å². The zero-order valence-electron chi connectivity index (χ0n) is 22.5. The summed E-state index contributed by atoms with van der Waals surface area (Å²) in [6.07, 6.45) is 0.796. The van der Waals surface area contributed by atoms with Crippen molar-refractivity contribution in [1.82, 2.24) is 20.0 Å². The normalized spacial score (nSPS) is 13.6. The molecule has 2 amide bonds. The highest BCUT2D eigenvalue weighted by atomic mass is 35.5. The molecule has 1 aliphatic heterocycles. The van der Waals surface area contributed by atoms with Gasteiger partial charge in [-0.1, -0.05) is 83.9 Å². The van der Waals surface area contributed by atoms with Crippen molar-refractivity contribution < 1.29 is 9.59 Å². The molecule has 0 saturated carbocycles. The molecule has 0 N–H and O–H groups in total. The van der Waals surface area contributed by atoms with Crippen LogP contribution in [0.4, 0.5) is 5.82 Å². The van der Waals surface area contributed by atoms with Gasteiger partial charge in [-0.3, -0.25) is 9.59 Å². The third kappa shape index (κ3) is 6.66. The Morgan fingerprint density at radius 1 is 0.825 bits per heavy atom. The monoisotopic (exact) mass is 553 g/mol. The van der Waals surface area contributed by atoms with Crippen molar-refractivity contribution in [2.24, 2.45) is 0 Å². The SMILES string of the molecule is Cc1ccc(-c2ccc(N3CCCN(C(=O)CN(Cc4ccccc4)C(=O)c4ccccc4Cl)CC3)nn2)cc1. The van der Waals surface area contributed by atoms with Gasteiger partial charge in [0.15, 0.2) is 5.82 Å². The molecule has 0 unspecified atom stereocenters. The average molecular weight is 554 g/mol. The van der Waals surface area contributed by atoms with E-state index in [4.69, 9.17) is 11.6 Å². The van der Waals surface area contributed by atoms with E-state index in [1.807, 2.05) is 59.5 Å². The number of carbonyl (C=O) groups is 2. The largest absolute Gasteiger partial charge is 0.353 e. The van der Waals surface area contributed by atoms with Gasteiger partial charge in [-0.2, -0.15) is 0 Å². The van der Waals surface area contributed by atoms with Gasteiger partial charge < -0.3 is 14.7 Å². The quantitative estimate of drug-likeness (QED) is 0.303. The Morgan fingerprint density at radius 3 is 2.30 bits per heavy atom. The minimum Gasteiger partial charge on any atom is -0.353 e. The maximum absolute atomic E-state index is 13.5. The fourth-order valence-electron chi connectivity index (χ4n) is 4.84. The number of halogens is 1. The molecule has 0 spiro atoms. The van der Waals surface area contributed by atoms with E-state index < -0.39 is 0 Å². The zero-order valence-corrected chi connectivity index (χ0v) is 23.3. The van der Waals surface area contributed by atoms with Crippen molar-refractivity contribution in [2.45, 2.75) is 19.9 Å². The lowest BCUT2D eigenvalue weighted by atomic mass is 10.1. The highest BCUT2D eigenvalue weighted by Gasteiger charge is 2.26.